The van der Waals surface area contributed by atoms with Gasteiger partial charge in [0.15, 0.2) is 0 Å². The summed E-state index contributed by atoms with van der Waals surface area (Å²) >= 11 is 7.34. The van der Waals surface area contributed by atoms with E-state index in [1.807, 2.05) is 13.8 Å². The Morgan fingerprint density at radius 3 is 2.67 bits per heavy atom. The zero-order valence-corrected chi connectivity index (χ0v) is 12.8. The van der Waals surface area contributed by atoms with Crippen LogP contribution >= 0.6 is 22.9 Å². The van der Waals surface area contributed by atoms with Gasteiger partial charge in [0.25, 0.3) is 11.7 Å². The average Bonchev–Trinajstić information content (AvgIpc) is 2.87. The van der Waals surface area contributed by atoms with Crippen LogP contribution in [0.3, 0.4) is 0 Å². The van der Waals surface area contributed by atoms with E-state index in [0.29, 0.717) is 5.01 Å². The van der Waals surface area contributed by atoms with Crippen molar-refractivity contribution in [3.05, 3.63) is 44.1 Å². The van der Waals surface area contributed by atoms with Gasteiger partial charge in [-0.15, -0.1) is 11.3 Å². The van der Waals surface area contributed by atoms with Crippen molar-refractivity contribution in [2.75, 3.05) is 4.90 Å². The molecule has 3 rings (SSSR count). The van der Waals surface area contributed by atoms with Gasteiger partial charge in [0, 0.05) is 4.88 Å². The molecule has 2 heterocycles. The first-order valence-electron chi connectivity index (χ1n) is 6.17. The van der Waals surface area contributed by atoms with E-state index in [9.17, 15) is 14.0 Å². The topological polar surface area (TPSA) is 50.3 Å². The molecular weight excluding hydrogens is 315 g/mol. The van der Waals surface area contributed by atoms with Gasteiger partial charge in [0.1, 0.15) is 10.8 Å². The van der Waals surface area contributed by atoms with Gasteiger partial charge in [0.2, 0.25) is 0 Å². The molecule has 0 spiro atoms. The molecule has 0 N–H and O–H groups in total. The predicted octanol–water partition coefficient (Wildman–Crippen LogP) is 3.28. The molecule has 0 atom stereocenters. The summed E-state index contributed by atoms with van der Waals surface area (Å²) in [5.74, 6) is -2.19. The van der Waals surface area contributed by atoms with Crippen molar-refractivity contribution in [1.82, 2.24) is 4.98 Å². The van der Waals surface area contributed by atoms with Gasteiger partial charge in [-0.05, 0) is 26.0 Å². The van der Waals surface area contributed by atoms with Crippen molar-refractivity contribution in [2.24, 2.45) is 0 Å². The zero-order chi connectivity index (χ0) is 15.3. The molecule has 1 aliphatic heterocycles. The summed E-state index contributed by atoms with van der Waals surface area (Å²) < 4.78 is 14.0. The van der Waals surface area contributed by atoms with Crippen molar-refractivity contribution < 1.29 is 14.0 Å². The van der Waals surface area contributed by atoms with E-state index in [0.717, 1.165) is 21.5 Å². The number of Topliss-reactive ketones (excluding diaryl/α,β-unsaturated/α-hetero) is 1. The summed E-state index contributed by atoms with van der Waals surface area (Å²) in [7, 11) is 0. The molecule has 0 saturated heterocycles. The van der Waals surface area contributed by atoms with E-state index in [4.69, 9.17) is 11.6 Å². The third-order valence-electron chi connectivity index (χ3n) is 3.38. The Balaban J connectivity index is 2.07. The quantitative estimate of drug-likeness (QED) is 0.797. The summed E-state index contributed by atoms with van der Waals surface area (Å²) in [4.78, 5) is 30.5. The number of carbonyl (C=O) groups is 2. The molecule has 21 heavy (non-hydrogen) atoms. The highest BCUT2D eigenvalue weighted by atomic mass is 35.5. The number of hydrogen-bond acceptors (Lipinski definition) is 4. The highest BCUT2D eigenvalue weighted by Gasteiger charge is 2.40. The maximum absolute atomic E-state index is 14.0. The maximum atomic E-state index is 14.0. The molecule has 2 aromatic rings. The maximum Gasteiger partial charge on any atom is 0.300 e. The molecule has 0 unspecified atom stereocenters. The Morgan fingerprint density at radius 2 is 2.05 bits per heavy atom. The summed E-state index contributed by atoms with van der Waals surface area (Å²) in [5, 5.41) is 0.733. The van der Waals surface area contributed by atoms with E-state index in [1.54, 1.807) is 0 Å². The van der Waals surface area contributed by atoms with Crippen LogP contribution < -0.4 is 4.90 Å². The van der Waals surface area contributed by atoms with Crippen LogP contribution in [0, 0.1) is 19.7 Å². The van der Waals surface area contributed by atoms with Crippen LogP contribution in [-0.2, 0) is 11.3 Å². The van der Waals surface area contributed by atoms with E-state index >= 15 is 0 Å². The summed E-state index contributed by atoms with van der Waals surface area (Å²) in [6, 6.07) is 2.43. The molecule has 0 fully saturated rings. The van der Waals surface area contributed by atoms with Crippen LogP contribution in [0.4, 0.5) is 10.1 Å². The van der Waals surface area contributed by atoms with Crippen LogP contribution in [0.2, 0.25) is 5.02 Å². The number of rotatable bonds is 2. The minimum absolute atomic E-state index is 0.0528. The number of halogens is 2. The summed E-state index contributed by atoms with van der Waals surface area (Å²) in [6.45, 7) is 3.84. The molecule has 108 valence electrons. The van der Waals surface area contributed by atoms with Gasteiger partial charge < -0.3 is 0 Å². The van der Waals surface area contributed by atoms with Crippen LogP contribution in [0.15, 0.2) is 12.1 Å². The number of hydrogen-bond donors (Lipinski definition) is 0. The molecule has 4 nitrogen and oxygen atoms in total. The van der Waals surface area contributed by atoms with Gasteiger partial charge in [-0.25, -0.2) is 9.37 Å². The molecule has 1 aromatic carbocycles. The fourth-order valence-corrected chi connectivity index (χ4v) is 3.41. The van der Waals surface area contributed by atoms with Crippen molar-refractivity contribution >= 4 is 40.3 Å². The number of aryl methyl sites for hydroxylation is 2. The van der Waals surface area contributed by atoms with Gasteiger partial charge in [0.05, 0.1) is 28.5 Å². The Labute approximate surface area is 129 Å². The molecule has 0 radical (unpaired) electrons. The highest BCUT2D eigenvalue weighted by Crippen LogP contribution is 2.37. The Bertz CT molecular complexity index is 768. The largest absolute Gasteiger partial charge is 0.300 e. The molecule has 0 saturated carbocycles. The van der Waals surface area contributed by atoms with E-state index in [2.05, 4.69) is 4.98 Å². The number of ketones is 1. The number of carbonyl (C=O) groups excluding carboxylic acids is 2. The van der Waals surface area contributed by atoms with Crippen molar-refractivity contribution in [1.29, 1.82) is 0 Å². The first-order chi connectivity index (χ1) is 9.90. The molecule has 7 heteroatoms. The smallest absolute Gasteiger partial charge is 0.295 e. The van der Waals surface area contributed by atoms with Crippen LogP contribution in [-0.4, -0.2) is 16.7 Å². The number of anilines is 1. The lowest BCUT2D eigenvalue weighted by Crippen LogP contribution is -2.29. The second-order valence-electron chi connectivity index (χ2n) is 4.72. The fraction of sp³-hybridized carbons (Fsp3) is 0.214. The summed E-state index contributed by atoms with van der Waals surface area (Å²) in [5.41, 5.74) is 0.745. The minimum Gasteiger partial charge on any atom is -0.295 e. The van der Waals surface area contributed by atoms with Crippen LogP contribution in [0.5, 0.6) is 0 Å². The minimum atomic E-state index is -0.778. The van der Waals surface area contributed by atoms with Gasteiger partial charge in [-0.2, -0.15) is 0 Å². The highest BCUT2D eigenvalue weighted by molar-refractivity contribution is 7.11. The van der Waals surface area contributed by atoms with Crippen LogP contribution in [0.1, 0.15) is 25.9 Å². The van der Waals surface area contributed by atoms with E-state index in [-0.39, 0.29) is 22.8 Å². The first kappa shape index (κ1) is 14.2. The lowest BCUT2D eigenvalue weighted by atomic mass is 10.1. The number of fused-ring (bicyclic) bond motifs is 1. The van der Waals surface area contributed by atoms with Gasteiger partial charge in [-0.3, -0.25) is 14.5 Å². The van der Waals surface area contributed by atoms with Crippen molar-refractivity contribution in [3.63, 3.8) is 0 Å². The number of nitrogens with zero attached hydrogens (tertiary/aromatic N) is 2. The Kier molecular flexibility index (Phi) is 3.30. The number of aromatic nitrogens is 1. The molecule has 0 bridgehead atoms. The van der Waals surface area contributed by atoms with Crippen molar-refractivity contribution in [2.45, 2.75) is 20.4 Å². The molecule has 1 aromatic heterocycles. The van der Waals surface area contributed by atoms with E-state index in [1.165, 1.54) is 17.4 Å². The van der Waals surface area contributed by atoms with Crippen molar-refractivity contribution in [3.8, 4) is 0 Å². The lowest BCUT2D eigenvalue weighted by Gasteiger charge is -2.15. The number of benzene rings is 1. The molecule has 1 amide bonds. The fourth-order valence-electron chi connectivity index (χ4n) is 2.24. The monoisotopic (exact) mass is 324 g/mol. The van der Waals surface area contributed by atoms with E-state index < -0.39 is 17.5 Å². The number of amides is 1. The second-order valence-corrected chi connectivity index (χ2v) is 6.42. The normalized spacial score (nSPS) is 14.0. The molecular formula is C14H10ClFN2O2S. The molecule has 0 aliphatic carbocycles. The summed E-state index contributed by atoms with van der Waals surface area (Å²) in [6.07, 6.45) is 0. The molecule has 1 aliphatic rings. The second kappa shape index (κ2) is 4.89. The third kappa shape index (κ3) is 2.15. The standard InChI is InChI=1S/C14H10ClFN2O2S/c1-6-7(2)21-10(17-6)5-18-12-9(16)4-3-8(15)11(12)13(19)14(18)20/h3-4H,5H2,1-2H3. The third-order valence-corrected chi connectivity index (χ3v) is 4.75. The predicted molar refractivity (Wildman–Crippen MR) is 78.5 cm³/mol. The lowest BCUT2D eigenvalue weighted by molar-refractivity contribution is -0.114. The van der Waals surface area contributed by atoms with Gasteiger partial charge >= 0.3 is 0 Å². The zero-order valence-electron chi connectivity index (χ0n) is 11.2. The number of thiazole rings is 1. The SMILES string of the molecule is Cc1nc(CN2C(=O)C(=O)c3c(Cl)ccc(F)c32)sc1C. The Morgan fingerprint density at radius 1 is 1.33 bits per heavy atom. The van der Waals surface area contributed by atoms with Gasteiger partial charge in [-0.1, -0.05) is 11.6 Å². The average molecular weight is 325 g/mol. The Hall–Kier alpha value is -1.79. The van der Waals surface area contributed by atoms with Crippen LogP contribution in [0.25, 0.3) is 0 Å². The first-order valence-corrected chi connectivity index (χ1v) is 7.36.